The minimum absolute atomic E-state index is 0.0919. The van der Waals surface area contributed by atoms with Gasteiger partial charge < -0.3 is 25.4 Å². The standard InChI is InChI=1S/C33H36Cl2N8O4/c1-36-13-14-42-32(45)26-15-20(18-43(26)41-33(42)47-3)30-29(35)23(11-12-38-30)22-5-4-6-24(28(22)34)25-9-7-19(31(40-25)46-2)16-37-17-21-8-10-27(44)39-21/h4-7,9,11-12,15,18,21,33,36-37,41H,8,10,13-14,16-17H2,1-3H3,(H,39,44)/t21-,33?/m0/s1. The van der Waals surface area contributed by atoms with E-state index in [0.29, 0.717) is 87.9 Å². The van der Waals surface area contributed by atoms with Crippen molar-refractivity contribution in [2.45, 2.75) is 31.8 Å². The van der Waals surface area contributed by atoms with Crippen LogP contribution < -0.4 is 26.1 Å². The third-order valence-corrected chi connectivity index (χ3v) is 9.10. The van der Waals surface area contributed by atoms with Gasteiger partial charge in [-0.25, -0.2) is 4.98 Å². The number of methoxy groups -OCH3 is 2. The number of pyridine rings is 2. The molecule has 0 radical (unpaired) electrons. The summed E-state index contributed by atoms with van der Waals surface area (Å²) in [5.41, 5.74) is 8.46. The van der Waals surface area contributed by atoms with Gasteiger partial charge in [0.15, 0.2) is 0 Å². The van der Waals surface area contributed by atoms with Gasteiger partial charge in [-0.05, 0) is 31.7 Å². The number of ether oxygens (including phenoxy) is 2. The van der Waals surface area contributed by atoms with Crippen molar-refractivity contribution in [3.63, 3.8) is 0 Å². The Bertz CT molecular complexity index is 1800. The molecule has 246 valence electrons. The fraction of sp³-hybridized carbons (Fsp3) is 0.333. The minimum Gasteiger partial charge on any atom is -0.481 e. The van der Waals surface area contributed by atoms with E-state index in [1.165, 1.54) is 0 Å². The Morgan fingerprint density at radius 1 is 1.06 bits per heavy atom. The average Bonchev–Trinajstić information content (AvgIpc) is 3.70. The zero-order chi connectivity index (χ0) is 33.1. The smallest absolute Gasteiger partial charge is 0.275 e. The normalized spacial score (nSPS) is 17.4. The molecule has 0 spiro atoms. The fourth-order valence-electron chi connectivity index (χ4n) is 5.87. The maximum absolute atomic E-state index is 13.4. The Morgan fingerprint density at radius 2 is 1.87 bits per heavy atom. The molecule has 3 aromatic heterocycles. The van der Waals surface area contributed by atoms with E-state index in [0.717, 1.165) is 12.0 Å². The summed E-state index contributed by atoms with van der Waals surface area (Å²) < 4.78 is 12.8. The number of aromatic nitrogens is 3. The molecule has 2 aliphatic rings. The van der Waals surface area contributed by atoms with Crippen LogP contribution in [-0.2, 0) is 16.1 Å². The van der Waals surface area contributed by atoms with E-state index in [2.05, 4.69) is 26.4 Å². The predicted molar refractivity (Wildman–Crippen MR) is 181 cm³/mol. The third-order valence-electron chi connectivity index (χ3n) is 8.31. The van der Waals surface area contributed by atoms with Gasteiger partial charge in [-0.3, -0.25) is 29.6 Å². The van der Waals surface area contributed by atoms with Crippen molar-refractivity contribution in [2.75, 3.05) is 46.3 Å². The summed E-state index contributed by atoms with van der Waals surface area (Å²) >= 11 is 14.1. The lowest BCUT2D eigenvalue weighted by molar-refractivity contribution is -0.119. The van der Waals surface area contributed by atoms with E-state index in [4.69, 9.17) is 37.7 Å². The summed E-state index contributed by atoms with van der Waals surface area (Å²) in [5.74, 6) is 0.402. The van der Waals surface area contributed by atoms with E-state index < -0.39 is 6.35 Å². The number of hydrogen-bond acceptors (Lipinski definition) is 9. The van der Waals surface area contributed by atoms with Crippen LogP contribution in [0.1, 0.15) is 28.9 Å². The summed E-state index contributed by atoms with van der Waals surface area (Å²) in [6.07, 6.45) is 4.21. The molecule has 6 rings (SSSR count). The largest absolute Gasteiger partial charge is 0.481 e. The summed E-state index contributed by atoms with van der Waals surface area (Å²) in [5, 5.41) is 10.3. The molecule has 2 amide bonds. The molecule has 1 fully saturated rings. The lowest BCUT2D eigenvalue weighted by Crippen LogP contribution is -2.55. The van der Waals surface area contributed by atoms with Gasteiger partial charge in [0.1, 0.15) is 5.69 Å². The van der Waals surface area contributed by atoms with E-state index in [-0.39, 0.29) is 17.9 Å². The molecular weight excluding hydrogens is 643 g/mol. The number of fused-ring (bicyclic) bond motifs is 1. The van der Waals surface area contributed by atoms with Crippen molar-refractivity contribution < 1.29 is 19.1 Å². The SMILES string of the molecule is CNCCN1C(=O)c2cc(-c3nccc(-c4cccc(-c5ccc(CNC[C@@H]6CCC(=O)N6)c(OC)n5)c4Cl)c3Cl)cn2NC1OC. The molecule has 2 atom stereocenters. The van der Waals surface area contributed by atoms with Crippen molar-refractivity contribution in [1.82, 2.24) is 35.5 Å². The second-order valence-corrected chi connectivity index (χ2v) is 12.0. The maximum atomic E-state index is 13.4. The highest BCUT2D eigenvalue weighted by Crippen LogP contribution is 2.42. The van der Waals surface area contributed by atoms with E-state index in [1.54, 1.807) is 42.3 Å². The van der Waals surface area contributed by atoms with Crippen LogP contribution in [0.4, 0.5) is 0 Å². The minimum atomic E-state index is -0.626. The Balaban J connectivity index is 1.26. The zero-order valence-electron chi connectivity index (χ0n) is 26.3. The Labute approximate surface area is 282 Å². The van der Waals surface area contributed by atoms with Gasteiger partial charge in [0, 0.05) is 86.0 Å². The van der Waals surface area contributed by atoms with Crippen molar-refractivity contribution in [2.24, 2.45) is 0 Å². The summed E-state index contributed by atoms with van der Waals surface area (Å²) in [4.78, 5) is 35.8. The maximum Gasteiger partial charge on any atom is 0.275 e. The molecule has 0 bridgehead atoms. The van der Waals surface area contributed by atoms with Gasteiger partial charge in [-0.15, -0.1) is 0 Å². The second kappa shape index (κ2) is 14.3. The van der Waals surface area contributed by atoms with E-state index in [1.807, 2.05) is 43.4 Å². The molecule has 1 saturated heterocycles. The number of carbonyl (C=O) groups is 2. The molecule has 47 heavy (non-hydrogen) atoms. The van der Waals surface area contributed by atoms with Crippen LogP contribution in [0, 0.1) is 0 Å². The quantitative estimate of drug-likeness (QED) is 0.175. The van der Waals surface area contributed by atoms with Crippen LogP contribution in [0.15, 0.2) is 54.9 Å². The number of amides is 2. The van der Waals surface area contributed by atoms with E-state index in [9.17, 15) is 9.59 Å². The zero-order valence-corrected chi connectivity index (χ0v) is 27.8. The number of nitrogens with one attached hydrogen (secondary N) is 4. The van der Waals surface area contributed by atoms with Crippen LogP contribution in [0.3, 0.4) is 0 Å². The van der Waals surface area contributed by atoms with Crippen molar-refractivity contribution >= 4 is 35.0 Å². The monoisotopic (exact) mass is 678 g/mol. The summed E-state index contributed by atoms with van der Waals surface area (Å²) in [6.45, 7) is 2.28. The number of nitrogens with zero attached hydrogens (tertiary/aromatic N) is 4. The van der Waals surface area contributed by atoms with Gasteiger partial charge >= 0.3 is 0 Å². The molecule has 4 N–H and O–H groups in total. The lowest BCUT2D eigenvalue weighted by Gasteiger charge is -2.36. The summed E-state index contributed by atoms with van der Waals surface area (Å²) in [7, 11) is 4.96. The van der Waals surface area contributed by atoms with Crippen molar-refractivity contribution in [3.8, 4) is 39.5 Å². The summed E-state index contributed by atoms with van der Waals surface area (Å²) in [6, 6.07) is 13.3. The predicted octanol–water partition coefficient (Wildman–Crippen LogP) is 4.11. The molecule has 1 aromatic carbocycles. The molecule has 12 nitrogen and oxygen atoms in total. The number of carbonyl (C=O) groups excluding carboxylic acids is 2. The highest BCUT2D eigenvalue weighted by Gasteiger charge is 2.33. The van der Waals surface area contributed by atoms with Crippen LogP contribution in [0.5, 0.6) is 5.88 Å². The number of benzene rings is 1. The Kier molecular flexibility index (Phi) is 9.95. The van der Waals surface area contributed by atoms with Crippen LogP contribution in [0.25, 0.3) is 33.6 Å². The first-order chi connectivity index (χ1) is 22.8. The first kappa shape index (κ1) is 32.7. The topological polar surface area (TPSA) is 135 Å². The van der Waals surface area contributed by atoms with Gasteiger partial charge in [0.05, 0.1) is 28.5 Å². The van der Waals surface area contributed by atoms with Crippen molar-refractivity contribution in [1.29, 1.82) is 0 Å². The van der Waals surface area contributed by atoms with Crippen molar-refractivity contribution in [3.05, 3.63) is 76.2 Å². The Morgan fingerprint density at radius 3 is 2.62 bits per heavy atom. The molecule has 5 heterocycles. The third kappa shape index (κ3) is 6.65. The highest BCUT2D eigenvalue weighted by molar-refractivity contribution is 6.39. The van der Waals surface area contributed by atoms with Gasteiger partial charge in [0.25, 0.3) is 5.91 Å². The van der Waals surface area contributed by atoms with E-state index >= 15 is 0 Å². The van der Waals surface area contributed by atoms with Crippen LogP contribution in [-0.4, -0.2) is 84.7 Å². The second-order valence-electron chi connectivity index (χ2n) is 11.3. The van der Waals surface area contributed by atoms with Crippen LogP contribution >= 0.6 is 23.2 Å². The van der Waals surface area contributed by atoms with Gasteiger partial charge in [0.2, 0.25) is 18.1 Å². The number of rotatable bonds is 12. The van der Waals surface area contributed by atoms with Gasteiger partial charge in [-0.2, -0.15) is 0 Å². The average molecular weight is 680 g/mol. The molecule has 4 aromatic rings. The number of likely N-dealkylation sites (N-methyl/N-ethyl adjacent to an activating group) is 1. The number of halogens is 2. The fourth-order valence-corrected chi connectivity index (χ4v) is 6.52. The molecule has 0 aliphatic carbocycles. The molecule has 1 unspecified atom stereocenters. The first-order valence-electron chi connectivity index (χ1n) is 15.3. The van der Waals surface area contributed by atoms with Crippen LogP contribution in [0.2, 0.25) is 10.0 Å². The molecular formula is C33H36Cl2N8O4. The Hall–Kier alpha value is -4.20. The number of hydrogen-bond donors (Lipinski definition) is 4. The lowest BCUT2D eigenvalue weighted by atomic mass is 10.00. The molecule has 0 saturated carbocycles. The van der Waals surface area contributed by atoms with Gasteiger partial charge in [-0.1, -0.05) is 47.5 Å². The highest BCUT2D eigenvalue weighted by atomic mass is 35.5. The molecule has 2 aliphatic heterocycles. The first-order valence-corrected chi connectivity index (χ1v) is 16.0. The molecule has 14 heteroatoms.